The smallest absolute Gasteiger partial charge is 0.233 e. The SMILES string of the molecule is Cc1ccc(C#N)c(S(=O)(=O)CCS(=O)(=O)Cl)n1. The lowest BCUT2D eigenvalue weighted by Crippen LogP contribution is -2.17. The molecule has 0 atom stereocenters. The lowest BCUT2D eigenvalue weighted by molar-refractivity contribution is 0.589. The van der Waals surface area contributed by atoms with Crippen molar-refractivity contribution in [3.8, 4) is 6.07 Å². The van der Waals surface area contributed by atoms with Gasteiger partial charge in [0.2, 0.25) is 9.05 Å². The highest BCUT2D eigenvalue weighted by Gasteiger charge is 2.23. The van der Waals surface area contributed by atoms with Crippen molar-refractivity contribution >= 4 is 29.6 Å². The van der Waals surface area contributed by atoms with Crippen LogP contribution in [0.25, 0.3) is 0 Å². The lowest BCUT2D eigenvalue weighted by atomic mass is 10.3. The van der Waals surface area contributed by atoms with Gasteiger partial charge < -0.3 is 0 Å². The van der Waals surface area contributed by atoms with Gasteiger partial charge in [0.25, 0.3) is 0 Å². The van der Waals surface area contributed by atoms with Crippen LogP contribution >= 0.6 is 10.7 Å². The molecule has 0 saturated heterocycles. The second-order valence-electron chi connectivity index (χ2n) is 3.48. The summed E-state index contributed by atoms with van der Waals surface area (Å²) in [6.07, 6.45) is 0. The molecule has 1 rings (SSSR count). The molecule has 0 fully saturated rings. The second-order valence-corrected chi connectivity index (χ2v) is 8.40. The number of aromatic nitrogens is 1. The zero-order valence-electron chi connectivity index (χ0n) is 9.29. The van der Waals surface area contributed by atoms with Crippen molar-refractivity contribution in [2.45, 2.75) is 11.9 Å². The molecule has 18 heavy (non-hydrogen) atoms. The number of nitrogens with zero attached hydrogens (tertiary/aromatic N) is 2. The molecule has 1 heterocycles. The molecule has 0 aliphatic heterocycles. The first kappa shape index (κ1) is 14.9. The molecule has 6 nitrogen and oxygen atoms in total. The van der Waals surface area contributed by atoms with Gasteiger partial charge in [0.15, 0.2) is 14.9 Å². The second kappa shape index (κ2) is 5.22. The van der Waals surface area contributed by atoms with Crippen LogP contribution in [0.4, 0.5) is 0 Å². The predicted molar refractivity (Wildman–Crippen MR) is 65.4 cm³/mol. The number of rotatable bonds is 4. The molecule has 0 saturated carbocycles. The van der Waals surface area contributed by atoms with Gasteiger partial charge >= 0.3 is 0 Å². The molecule has 0 spiro atoms. The third-order valence-electron chi connectivity index (χ3n) is 2.01. The van der Waals surface area contributed by atoms with Crippen LogP contribution in [0, 0.1) is 18.3 Å². The molecule has 0 aromatic carbocycles. The highest BCUT2D eigenvalue weighted by atomic mass is 35.7. The Hall–Kier alpha value is -1.17. The highest BCUT2D eigenvalue weighted by molar-refractivity contribution is 8.14. The van der Waals surface area contributed by atoms with E-state index in [0.29, 0.717) is 5.69 Å². The third kappa shape index (κ3) is 3.94. The van der Waals surface area contributed by atoms with Gasteiger partial charge in [-0.2, -0.15) is 5.26 Å². The molecule has 0 amide bonds. The molecule has 0 unspecified atom stereocenters. The van der Waals surface area contributed by atoms with Crippen LogP contribution in [-0.4, -0.2) is 33.3 Å². The zero-order valence-corrected chi connectivity index (χ0v) is 11.7. The largest absolute Gasteiger partial charge is 0.240 e. The van der Waals surface area contributed by atoms with Crippen molar-refractivity contribution in [2.24, 2.45) is 0 Å². The van der Waals surface area contributed by atoms with Crippen LogP contribution in [0.5, 0.6) is 0 Å². The van der Waals surface area contributed by atoms with Crippen LogP contribution in [0.1, 0.15) is 11.3 Å². The monoisotopic (exact) mass is 308 g/mol. The minimum absolute atomic E-state index is 0.118. The zero-order chi connectivity index (χ0) is 14.0. The van der Waals surface area contributed by atoms with Gasteiger partial charge in [-0.15, -0.1) is 0 Å². The summed E-state index contributed by atoms with van der Waals surface area (Å²) in [4.78, 5) is 3.77. The quantitative estimate of drug-likeness (QED) is 0.754. The molecule has 0 aliphatic rings. The van der Waals surface area contributed by atoms with Gasteiger partial charge in [0.1, 0.15) is 6.07 Å². The first-order valence-electron chi connectivity index (χ1n) is 4.68. The van der Waals surface area contributed by atoms with Crippen molar-refractivity contribution in [2.75, 3.05) is 11.5 Å². The minimum atomic E-state index is -3.96. The van der Waals surface area contributed by atoms with Gasteiger partial charge in [-0.05, 0) is 19.1 Å². The topological polar surface area (TPSA) is 105 Å². The van der Waals surface area contributed by atoms with Gasteiger partial charge in [-0.1, -0.05) is 0 Å². The Kier molecular flexibility index (Phi) is 4.32. The number of sulfone groups is 1. The molecule has 1 aromatic rings. The Bertz CT molecular complexity index is 705. The highest BCUT2D eigenvalue weighted by Crippen LogP contribution is 2.15. The molecule has 0 aliphatic carbocycles. The van der Waals surface area contributed by atoms with Crippen LogP contribution in [-0.2, 0) is 18.9 Å². The number of hydrogen-bond donors (Lipinski definition) is 0. The van der Waals surface area contributed by atoms with Crippen LogP contribution < -0.4 is 0 Å². The van der Waals surface area contributed by atoms with Crippen molar-refractivity contribution in [3.05, 3.63) is 23.4 Å². The Morgan fingerprint density at radius 3 is 2.39 bits per heavy atom. The molecule has 9 heteroatoms. The summed E-state index contributed by atoms with van der Waals surface area (Å²) in [7, 11) is -2.91. The van der Waals surface area contributed by atoms with Crippen molar-refractivity contribution in [3.63, 3.8) is 0 Å². The summed E-state index contributed by atoms with van der Waals surface area (Å²) < 4.78 is 45.2. The molecule has 0 radical (unpaired) electrons. The molecule has 0 N–H and O–H groups in total. The normalized spacial score (nSPS) is 12.1. The first-order valence-corrected chi connectivity index (χ1v) is 8.81. The Morgan fingerprint density at radius 1 is 1.28 bits per heavy atom. The van der Waals surface area contributed by atoms with Gasteiger partial charge in [0.05, 0.1) is 17.1 Å². The number of hydrogen-bond acceptors (Lipinski definition) is 6. The fourth-order valence-electron chi connectivity index (χ4n) is 1.16. The molecule has 98 valence electrons. The average Bonchev–Trinajstić information content (AvgIpc) is 2.26. The van der Waals surface area contributed by atoms with Crippen molar-refractivity contribution in [1.29, 1.82) is 5.26 Å². The van der Waals surface area contributed by atoms with E-state index in [1.165, 1.54) is 12.1 Å². The van der Waals surface area contributed by atoms with Crippen LogP contribution in [0.3, 0.4) is 0 Å². The maximum Gasteiger partial charge on any atom is 0.233 e. The molecular weight excluding hydrogens is 300 g/mol. The number of nitriles is 1. The fraction of sp³-hybridized carbons (Fsp3) is 0.333. The number of pyridine rings is 1. The van der Waals surface area contributed by atoms with E-state index in [2.05, 4.69) is 4.98 Å². The van der Waals surface area contributed by atoms with Crippen LogP contribution in [0.15, 0.2) is 17.2 Å². The van der Waals surface area contributed by atoms with E-state index in [-0.39, 0.29) is 5.56 Å². The maximum absolute atomic E-state index is 11.9. The lowest BCUT2D eigenvalue weighted by Gasteiger charge is -2.05. The van der Waals surface area contributed by atoms with E-state index in [1.54, 1.807) is 13.0 Å². The summed E-state index contributed by atoms with van der Waals surface area (Å²) >= 11 is 0. The Balaban J connectivity index is 3.21. The summed E-state index contributed by atoms with van der Waals surface area (Å²) in [6, 6.07) is 4.52. The van der Waals surface area contributed by atoms with Gasteiger partial charge in [0, 0.05) is 16.4 Å². The van der Waals surface area contributed by atoms with Gasteiger partial charge in [-0.3, -0.25) is 0 Å². The Labute approximate surface area is 110 Å². The van der Waals surface area contributed by atoms with E-state index >= 15 is 0 Å². The Morgan fingerprint density at radius 2 is 1.89 bits per heavy atom. The predicted octanol–water partition coefficient (Wildman–Crippen LogP) is 0.604. The van der Waals surface area contributed by atoms with E-state index in [0.717, 1.165) is 0 Å². The van der Waals surface area contributed by atoms with Gasteiger partial charge in [-0.25, -0.2) is 21.8 Å². The summed E-state index contributed by atoms with van der Waals surface area (Å²) in [6.45, 7) is 1.57. The van der Waals surface area contributed by atoms with Crippen molar-refractivity contribution in [1.82, 2.24) is 4.98 Å². The van der Waals surface area contributed by atoms with Crippen LogP contribution in [0.2, 0.25) is 0 Å². The molecular formula is C9H9ClN2O4S2. The number of halogens is 1. The fourth-order valence-corrected chi connectivity index (χ4v) is 4.33. The minimum Gasteiger partial charge on any atom is -0.240 e. The van der Waals surface area contributed by atoms with E-state index in [9.17, 15) is 16.8 Å². The number of aryl methyl sites for hydroxylation is 1. The third-order valence-corrected chi connectivity index (χ3v) is 5.07. The van der Waals surface area contributed by atoms with E-state index < -0.39 is 35.4 Å². The maximum atomic E-state index is 11.9. The molecule has 0 bridgehead atoms. The summed E-state index contributed by atoms with van der Waals surface area (Å²) in [5.74, 6) is -1.43. The summed E-state index contributed by atoms with van der Waals surface area (Å²) in [5.41, 5.74) is 0.300. The first-order chi connectivity index (χ1) is 8.15. The standard InChI is InChI=1S/C9H9ClN2O4S2/c1-7-2-3-8(6-11)9(12-7)17(13,14)4-5-18(10,15)16/h2-3H,4-5H2,1H3. The molecule has 1 aromatic heterocycles. The van der Waals surface area contributed by atoms with Crippen molar-refractivity contribution < 1.29 is 16.8 Å². The van der Waals surface area contributed by atoms with E-state index in [1.807, 2.05) is 0 Å². The average molecular weight is 309 g/mol. The van der Waals surface area contributed by atoms with E-state index in [4.69, 9.17) is 15.9 Å². The summed E-state index contributed by atoms with van der Waals surface area (Å²) in [5, 5.41) is 8.39.